The average molecular weight is 548 g/mol. The number of anilines is 1. The van der Waals surface area contributed by atoms with Gasteiger partial charge in [-0.05, 0) is 58.7 Å². The highest BCUT2D eigenvalue weighted by Crippen LogP contribution is 2.32. The number of ether oxygens (including phenoxy) is 1. The Balaban J connectivity index is 1.58. The minimum absolute atomic E-state index is 0.211. The number of halogens is 2. The Morgan fingerprint density at radius 2 is 2.00 bits per heavy atom. The lowest BCUT2D eigenvalue weighted by Crippen LogP contribution is -2.23. The van der Waals surface area contributed by atoms with Crippen LogP contribution in [0.1, 0.15) is 12.5 Å². The summed E-state index contributed by atoms with van der Waals surface area (Å²) in [5.41, 5.74) is 1.58. The van der Waals surface area contributed by atoms with Crippen molar-refractivity contribution in [2.24, 2.45) is 0 Å². The number of thioether (sulfide) groups is 1. The molecule has 1 amide bonds. The molecule has 1 unspecified atom stereocenters. The first-order valence-corrected chi connectivity index (χ1v) is 12.0. The third-order valence-electron chi connectivity index (χ3n) is 4.76. The van der Waals surface area contributed by atoms with E-state index in [-0.39, 0.29) is 5.91 Å². The Labute approximate surface area is 208 Å². The van der Waals surface area contributed by atoms with E-state index in [1.54, 1.807) is 24.3 Å². The summed E-state index contributed by atoms with van der Waals surface area (Å²) in [7, 11) is 1.54. The number of carbonyl (C=O) groups excluding carboxylic acids is 1. The first-order valence-electron chi connectivity index (χ1n) is 9.98. The maximum absolute atomic E-state index is 12.9. The molecular weight excluding hydrogens is 528 g/mol. The van der Waals surface area contributed by atoms with Crippen LogP contribution in [0.5, 0.6) is 5.75 Å². The molecule has 0 bridgehead atoms. The molecule has 0 aliphatic heterocycles. The van der Waals surface area contributed by atoms with Crippen molar-refractivity contribution in [2.45, 2.75) is 23.9 Å². The number of hydrogen-bond donors (Lipinski definition) is 1. The molecule has 4 rings (SSSR count). The topological polar surface area (TPSA) is 82.2 Å². The molecule has 2 aromatic carbocycles. The Bertz CT molecular complexity index is 1260. The van der Waals surface area contributed by atoms with Crippen LogP contribution < -0.4 is 10.1 Å². The maximum atomic E-state index is 12.9. The van der Waals surface area contributed by atoms with Gasteiger partial charge in [0, 0.05) is 5.02 Å². The van der Waals surface area contributed by atoms with Crippen LogP contribution in [0, 0.1) is 0 Å². The van der Waals surface area contributed by atoms with E-state index in [2.05, 4.69) is 31.4 Å². The quantitative estimate of drug-likeness (QED) is 0.267. The number of nitrogens with one attached hydrogen (secondary N) is 1. The zero-order valence-corrected chi connectivity index (χ0v) is 20.9. The van der Waals surface area contributed by atoms with Crippen LogP contribution in [0.3, 0.4) is 0 Å². The van der Waals surface area contributed by atoms with Gasteiger partial charge >= 0.3 is 0 Å². The number of hydrogen-bond acceptors (Lipinski definition) is 6. The number of rotatable bonds is 8. The molecule has 33 heavy (non-hydrogen) atoms. The predicted molar refractivity (Wildman–Crippen MR) is 133 cm³/mol. The monoisotopic (exact) mass is 546 g/mol. The zero-order valence-electron chi connectivity index (χ0n) is 17.8. The molecule has 2 aromatic heterocycles. The van der Waals surface area contributed by atoms with Crippen molar-refractivity contribution in [2.75, 3.05) is 12.4 Å². The minimum Gasteiger partial charge on any atom is -0.495 e. The summed E-state index contributed by atoms with van der Waals surface area (Å²) >= 11 is 10.7. The van der Waals surface area contributed by atoms with Crippen LogP contribution in [0.25, 0.3) is 11.6 Å². The lowest BCUT2D eigenvalue weighted by Gasteiger charge is -2.15. The number of amides is 1. The van der Waals surface area contributed by atoms with Crippen molar-refractivity contribution in [3.8, 4) is 17.3 Å². The lowest BCUT2D eigenvalue weighted by atomic mass is 10.2. The number of furan rings is 1. The van der Waals surface area contributed by atoms with Crippen molar-refractivity contribution < 1.29 is 13.9 Å². The largest absolute Gasteiger partial charge is 0.495 e. The standard InChI is InChI=1S/C23H20BrClN4O3S/c1-14(22(30)26-17-12-16(25)8-9-18(17)31-2)33-23-28-27-21(19-10-11-20(24)32-19)29(23)13-15-6-4-3-5-7-15/h3-12,14H,13H2,1-2H3,(H,26,30). The van der Waals surface area contributed by atoms with Crippen LogP contribution in [0.15, 0.2) is 74.9 Å². The van der Waals surface area contributed by atoms with Crippen molar-refractivity contribution in [1.82, 2.24) is 14.8 Å². The third-order valence-corrected chi connectivity index (χ3v) is 6.51. The Kier molecular flexibility index (Phi) is 7.42. The van der Waals surface area contributed by atoms with E-state index in [0.717, 1.165) is 5.56 Å². The first kappa shape index (κ1) is 23.4. The van der Waals surface area contributed by atoms with E-state index in [9.17, 15) is 4.79 Å². The normalized spacial score (nSPS) is 11.9. The molecule has 7 nitrogen and oxygen atoms in total. The van der Waals surface area contributed by atoms with Gasteiger partial charge in [0.2, 0.25) is 11.7 Å². The second-order valence-corrected chi connectivity index (χ2v) is 9.60. The second kappa shape index (κ2) is 10.5. The lowest BCUT2D eigenvalue weighted by molar-refractivity contribution is -0.115. The summed E-state index contributed by atoms with van der Waals surface area (Å²) in [6.45, 7) is 2.34. The highest BCUT2D eigenvalue weighted by Gasteiger charge is 2.23. The van der Waals surface area contributed by atoms with Crippen molar-refractivity contribution in [3.63, 3.8) is 0 Å². The van der Waals surface area contributed by atoms with E-state index in [0.29, 0.717) is 44.4 Å². The van der Waals surface area contributed by atoms with Crippen LogP contribution in [-0.4, -0.2) is 33.0 Å². The van der Waals surface area contributed by atoms with E-state index in [1.807, 2.05) is 47.9 Å². The smallest absolute Gasteiger partial charge is 0.237 e. The third kappa shape index (κ3) is 5.61. The molecule has 0 saturated carbocycles. The second-order valence-electron chi connectivity index (χ2n) is 7.08. The van der Waals surface area contributed by atoms with E-state index >= 15 is 0 Å². The van der Waals surface area contributed by atoms with Gasteiger partial charge in [-0.25, -0.2) is 0 Å². The Hall–Kier alpha value is -2.75. The number of carbonyl (C=O) groups is 1. The number of benzene rings is 2. The summed E-state index contributed by atoms with van der Waals surface area (Å²) in [4.78, 5) is 12.9. The van der Waals surface area contributed by atoms with E-state index < -0.39 is 5.25 Å². The summed E-state index contributed by atoms with van der Waals surface area (Å²) in [5.74, 6) is 1.48. The maximum Gasteiger partial charge on any atom is 0.237 e. The van der Waals surface area contributed by atoms with Gasteiger partial charge in [-0.3, -0.25) is 9.36 Å². The van der Waals surface area contributed by atoms with Gasteiger partial charge in [-0.1, -0.05) is 53.7 Å². The summed E-state index contributed by atoms with van der Waals surface area (Å²) < 4.78 is 13.6. The average Bonchev–Trinajstić information content (AvgIpc) is 3.40. The molecule has 1 atom stereocenters. The molecule has 2 heterocycles. The summed E-state index contributed by atoms with van der Waals surface area (Å²) in [5, 5.41) is 12.2. The summed E-state index contributed by atoms with van der Waals surface area (Å²) in [6, 6.07) is 18.7. The molecule has 0 radical (unpaired) electrons. The zero-order chi connectivity index (χ0) is 23.4. The minimum atomic E-state index is -0.469. The first-order chi connectivity index (χ1) is 15.9. The van der Waals surface area contributed by atoms with Gasteiger partial charge in [0.15, 0.2) is 15.6 Å². The number of nitrogens with zero attached hydrogens (tertiary/aromatic N) is 3. The van der Waals surface area contributed by atoms with Crippen molar-refractivity contribution >= 4 is 50.9 Å². The molecule has 1 N–H and O–H groups in total. The predicted octanol–water partition coefficient (Wildman–Crippen LogP) is 6.13. The molecule has 4 aromatic rings. The summed E-state index contributed by atoms with van der Waals surface area (Å²) in [6.07, 6.45) is 0. The molecule has 10 heteroatoms. The highest BCUT2D eigenvalue weighted by molar-refractivity contribution is 9.10. The van der Waals surface area contributed by atoms with Gasteiger partial charge in [0.1, 0.15) is 5.75 Å². The molecule has 0 aliphatic rings. The fourth-order valence-corrected chi connectivity index (χ4v) is 4.45. The van der Waals surface area contributed by atoms with Crippen molar-refractivity contribution in [1.29, 1.82) is 0 Å². The van der Waals surface area contributed by atoms with Crippen LogP contribution in [0.2, 0.25) is 5.02 Å². The Morgan fingerprint density at radius 1 is 1.21 bits per heavy atom. The van der Waals surface area contributed by atoms with Gasteiger partial charge in [0.25, 0.3) is 0 Å². The van der Waals surface area contributed by atoms with Crippen LogP contribution in [-0.2, 0) is 11.3 Å². The van der Waals surface area contributed by atoms with E-state index in [1.165, 1.54) is 18.9 Å². The van der Waals surface area contributed by atoms with Crippen LogP contribution in [0.4, 0.5) is 5.69 Å². The molecule has 0 spiro atoms. The Morgan fingerprint density at radius 3 is 2.70 bits per heavy atom. The van der Waals surface area contributed by atoms with Crippen molar-refractivity contribution in [3.05, 3.63) is 75.9 Å². The molecule has 0 aliphatic carbocycles. The highest BCUT2D eigenvalue weighted by atomic mass is 79.9. The van der Waals surface area contributed by atoms with E-state index in [4.69, 9.17) is 20.8 Å². The molecule has 0 fully saturated rings. The van der Waals surface area contributed by atoms with Gasteiger partial charge in [0.05, 0.1) is 24.6 Å². The molecule has 170 valence electrons. The van der Waals surface area contributed by atoms with Crippen LogP contribution >= 0.6 is 39.3 Å². The fraction of sp³-hybridized carbons (Fsp3) is 0.174. The van der Waals surface area contributed by atoms with Gasteiger partial charge in [-0.2, -0.15) is 0 Å². The van der Waals surface area contributed by atoms with Gasteiger partial charge < -0.3 is 14.5 Å². The molecular formula is C23H20BrClN4O3S. The number of methoxy groups -OCH3 is 1. The SMILES string of the molecule is COc1ccc(Cl)cc1NC(=O)C(C)Sc1nnc(-c2ccc(Br)o2)n1Cc1ccccc1. The number of aromatic nitrogens is 3. The fourth-order valence-electron chi connectivity index (χ4n) is 3.13. The van der Waals surface area contributed by atoms with Gasteiger partial charge in [-0.15, -0.1) is 10.2 Å². The molecule has 0 saturated heterocycles.